The van der Waals surface area contributed by atoms with Crippen molar-refractivity contribution in [3.8, 4) is 0 Å². The third-order valence-corrected chi connectivity index (χ3v) is 3.75. The zero-order valence-corrected chi connectivity index (χ0v) is 11.3. The van der Waals surface area contributed by atoms with Gasteiger partial charge in [-0.2, -0.15) is 4.98 Å². The Morgan fingerprint density at radius 1 is 1.22 bits per heavy atom. The molecule has 18 heavy (non-hydrogen) atoms. The van der Waals surface area contributed by atoms with Crippen molar-refractivity contribution in [3.05, 3.63) is 11.7 Å². The molecule has 5 heteroatoms. The zero-order valence-electron chi connectivity index (χ0n) is 11.3. The number of rotatable bonds is 3. The van der Waals surface area contributed by atoms with E-state index in [0.29, 0.717) is 5.92 Å². The summed E-state index contributed by atoms with van der Waals surface area (Å²) < 4.78 is 11.2. The Morgan fingerprint density at radius 3 is 2.50 bits per heavy atom. The molecule has 3 atom stereocenters. The molecule has 1 saturated heterocycles. The molecular formula is C13H21N3O2. The average Bonchev–Trinajstić information content (AvgIpc) is 3.05. The molecule has 100 valence electrons. The van der Waals surface area contributed by atoms with E-state index >= 15 is 0 Å². The summed E-state index contributed by atoms with van der Waals surface area (Å²) >= 11 is 0. The first-order valence-corrected chi connectivity index (χ1v) is 6.86. The normalized spacial score (nSPS) is 31.5. The van der Waals surface area contributed by atoms with E-state index in [1.807, 2.05) is 0 Å². The van der Waals surface area contributed by atoms with Crippen molar-refractivity contribution in [1.29, 1.82) is 0 Å². The highest BCUT2D eigenvalue weighted by Crippen LogP contribution is 2.38. The summed E-state index contributed by atoms with van der Waals surface area (Å²) in [5.74, 6) is 2.20. The molecule has 3 rings (SSSR count). The van der Waals surface area contributed by atoms with Crippen LogP contribution in [0.4, 0.5) is 0 Å². The summed E-state index contributed by atoms with van der Waals surface area (Å²) in [4.78, 5) is 6.90. The van der Waals surface area contributed by atoms with Crippen LogP contribution in [0, 0.1) is 0 Å². The number of morpholine rings is 1. The minimum absolute atomic E-state index is 0.179. The molecule has 0 spiro atoms. The van der Waals surface area contributed by atoms with Crippen LogP contribution >= 0.6 is 0 Å². The third-order valence-electron chi connectivity index (χ3n) is 3.75. The number of hydrogen-bond donors (Lipinski definition) is 0. The van der Waals surface area contributed by atoms with Crippen molar-refractivity contribution in [2.24, 2.45) is 0 Å². The first-order chi connectivity index (χ1) is 8.63. The first kappa shape index (κ1) is 12.1. The lowest BCUT2D eigenvalue weighted by molar-refractivity contribution is -0.0818. The van der Waals surface area contributed by atoms with Gasteiger partial charge in [0.2, 0.25) is 5.89 Å². The van der Waals surface area contributed by atoms with E-state index in [-0.39, 0.29) is 18.2 Å². The van der Waals surface area contributed by atoms with Crippen LogP contribution in [0.2, 0.25) is 0 Å². The highest BCUT2D eigenvalue weighted by Gasteiger charge is 2.32. The van der Waals surface area contributed by atoms with Crippen LogP contribution in [0.25, 0.3) is 0 Å². The van der Waals surface area contributed by atoms with Crippen molar-refractivity contribution in [2.45, 2.75) is 57.8 Å². The molecule has 0 bridgehead atoms. The van der Waals surface area contributed by atoms with Crippen LogP contribution in [0.5, 0.6) is 0 Å². The molecule has 0 amide bonds. The van der Waals surface area contributed by atoms with E-state index in [2.05, 4.69) is 35.8 Å². The van der Waals surface area contributed by atoms with Crippen molar-refractivity contribution in [2.75, 3.05) is 13.1 Å². The standard InChI is InChI=1S/C13H21N3O2/c1-8-6-16(7-9(2)17-8)10(3)13-14-12(15-18-13)11-4-5-11/h8-11H,4-7H2,1-3H3/t8-,9+,10-/m0/s1. The summed E-state index contributed by atoms with van der Waals surface area (Å²) in [7, 11) is 0. The summed E-state index contributed by atoms with van der Waals surface area (Å²) in [5.41, 5.74) is 0. The summed E-state index contributed by atoms with van der Waals surface area (Å²) in [6, 6.07) is 0.179. The fourth-order valence-electron chi connectivity index (χ4n) is 2.61. The van der Waals surface area contributed by atoms with E-state index < -0.39 is 0 Å². The minimum atomic E-state index is 0.179. The Hall–Kier alpha value is -0.940. The van der Waals surface area contributed by atoms with Gasteiger partial charge in [-0.25, -0.2) is 0 Å². The third kappa shape index (κ3) is 2.42. The topological polar surface area (TPSA) is 51.4 Å². The number of nitrogens with zero attached hydrogens (tertiary/aromatic N) is 3. The molecule has 2 aliphatic rings. The van der Waals surface area contributed by atoms with E-state index in [9.17, 15) is 0 Å². The zero-order chi connectivity index (χ0) is 12.7. The van der Waals surface area contributed by atoms with Gasteiger partial charge in [0, 0.05) is 19.0 Å². The Balaban J connectivity index is 1.69. The van der Waals surface area contributed by atoms with E-state index in [1.165, 1.54) is 12.8 Å². The largest absolute Gasteiger partial charge is 0.373 e. The highest BCUT2D eigenvalue weighted by molar-refractivity contribution is 5.05. The maximum Gasteiger partial charge on any atom is 0.243 e. The van der Waals surface area contributed by atoms with Crippen molar-refractivity contribution in [3.63, 3.8) is 0 Å². The average molecular weight is 251 g/mol. The molecule has 0 unspecified atom stereocenters. The Morgan fingerprint density at radius 2 is 1.89 bits per heavy atom. The fraction of sp³-hybridized carbons (Fsp3) is 0.846. The second-order valence-corrected chi connectivity index (χ2v) is 5.65. The molecule has 1 aliphatic heterocycles. The van der Waals surface area contributed by atoms with Gasteiger partial charge in [-0.3, -0.25) is 4.90 Å². The lowest BCUT2D eigenvalue weighted by atomic mass is 10.2. The maximum absolute atomic E-state index is 5.75. The Labute approximate surface area is 107 Å². The predicted molar refractivity (Wildman–Crippen MR) is 66.3 cm³/mol. The van der Waals surface area contributed by atoms with Gasteiger partial charge in [0.1, 0.15) is 0 Å². The quantitative estimate of drug-likeness (QED) is 0.823. The van der Waals surface area contributed by atoms with Crippen molar-refractivity contribution in [1.82, 2.24) is 15.0 Å². The molecular weight excluding hydrogens is 230 g/mol. The van der Waals surface area contributed by atoms with Crippen LogP contribution in [0.3, 0.4) is 0 Å². The number of ether oxygens (including phenoxy) is 1. The molecule has 1 aliphatic carbocycles. The van der Waals surface area contributed by atoms with Crippen molar-refractivity contribution >= 4 is 0 Å². The molecule has 5 nitrogen and oxygen atoms in total. The van der Waals surface area contributed by atoms with Crippen LogP contribution in [-0.2, 0) is 4.74 Å². The van der Waals surface area contributed by atoms with E-state index in [1.54, 1.807) is 0 Å². The van der Waals surface area contributed by atoms with Crippen LogP contribution in [0.15, 0.2) is 4.52 Å². The van der Waals surface area contributed by atoms with Gasteiger partial charge in [0.05, 0.1) is 18.2 Å². The predicted octanol–water partition coefficient (Wildman–Crippen LogP) is 2.12. The van der Waals surface area contributed by atoms with Crippen molar-refractivity contribution < 1.29 is 9.26 Å². The number of hydrogen-bond acceptors (Lipinski definition) is 5. The molecule has 0 N–H and O–H groups in total. The van der Waals surface area contributed by atoms with Gasteiger partial charge >= 0.3 is 0 Å². The van der Waals surface area contributed by atoms with E-state index in [4.69, 9.17) is 9.26 Å². The number of aromatic nitrogens is 2. The molecule has 2 fully saturated rings. The highest BCUT2D eigenvalue weighted by atomic mass is 16.5. The Bertz CT molecular complexity index is 406. The minimum Gasteiger partial charge on any atom is -0.373 e. The van der Waals surface area contributed by atoms with Gasteiger partial charge in [-0.15, -0.1) is 0 Å². The SMILES string of the molecule is C[C@@H]1CN([C@@H](C)c2nc(C3CC3)no2)C[C@H](C)O1. The van der Waals surface area contributed by atoms with E-state index in [0.717, 1.165) is 24.8 Å². The molecule has 0 aromatic carbocycles. The van der Waals surface area contributed by atoms with Gasteiger partial charge in [-0.1, -0.05) is 5.16 Å². The van der Waals surface area contributed by atoms with Gasteiger partial charge in [0.15, 0.2) is 5.82 Å². The molecule has 1 aromatic rings. The van der Waals surface area contributed by atoms with Crippen LogP contribution in [0.1, 0.15) is 57.3 Å². The van der Waals surface area contributed by atoms with Gasteiger partial charge in [0.25, 0.3) is 0 Å². The van der Waals surface area contributed by atoms with Crippen LogP contribution < -0.4 is 0 Å². The summed E-state index contributed by atoms with van der Waals surface area (Å²) in [5, 5.41) is 4.09. The molecule has 1 aromatic heterocycles. The van der Waals surface area contributed by atoms with Gasteiger partial charge < -0.3 is 9.26 Å². The maximum atomic E-state index is 5.75. The monoisotopic (exact) mass is 251 g/mol. The van der Waals surface area contributed by atoms with Gasteiger partial charge in [-0.05, 0) is 33.6 Å². The fourth-order valence-corrected chi connectivity index (χ4v) is 2.61. The van der Waals surface area contributed by atoms with Crippen LogP contribution in [-0.4, -0.2) is 40.3 Å². The second-order valence-electron chi connectivity index (χ2n) is 5.65. The molecule has 0 radical (unpaired) electrons. The lowest BCUT2D eigenvalue weighted by Gasteiger charge is -2.37. The lowest BCUT2D eigenvalue weighted by Crippen LogP contribution is -2.46. The first-order valence-electron chi connectivity index (χ1n) is 6.86. The second kappa shape index (κ2) is 4.63. The summed E-state index contributed by atoms with van der Waals surface area (Å²) in [6.07, 6.45) is 2.95. The molecule has 2 heterocycles. The Kier molecular flexibility index (Phi) is 3.11. The molecule has 1 saturated carbocycles. The summed E-state index contributed by atoms with van der Waals surface area (Å²) in [6.45, 7) is 8.20. The smallest absolute Gasteiger partial charge is 0.243 e.